The Hall–Kier alpha value is -2.49. The largest absolute Gasteiger partial charge is 0.480 e. The standard InChI is InChI=1S/C13H10F3NO3/c1-2-4-10(12(19)20)17-11(18)8-5-3-6-9(7-8)13(14,15)16/h1,3,5-7,10H,4H2,(H,17,18)(H,19,20)/t10-/m0/s1. The van der Waals surface area contributed by atoms with Crippen molar-refractivity contribution in [1.82, 2.24) is 5.32 Å². The number of nitrogens with one attached hydrogen (secondary N) is 1. The van der Waals surface area contributed by atoms with Crippen molar-refractivity contribution >= 4 is 11.9 Å². The normalized spacial score (nSPS) is 12.3. The molecule has 0 radical (unpaired) electrons. The van der Waals surface area contributed by atoms with E-state index in [-0.39, 0.29) is 12.0 Å². The molecular weight excluding hydrogens is 275 g/mol. The molecule has 4 nitrogen and oxygen atoms in total. The average molecular weight is 285 g/mol. The first-order valence-corrected chi connectivity index (χ1v) is 5.40. The fraction of sp³-hybridized carbons (Fsp3) is 0.231. The molecule has 1 atom stereocenters. The molecule has 7 heteroatoms. The van der Waals surface area contributed by atoms with Gasteiger partial charge in [-0.05, 0) is 18.2 Å². The number of alkyl halides is 3. The minimum Gasteiger partial charge on any atom is -0.480 e. The third kappa shape index (κ3) is 4.02. The summed E-state index contributed by atoms with van der Waals surface area (Å²) >= 11 is 0. The highest BCUT2D eigenvalue weighted by molar-refractivity contribution is 5.96. The Kier molecular flexibility index (Phi) is 4.75. The first kappa shape index (κ1) is 15.6. The smallest absolute Gasteiger partial charge is 0.416 e. The molecule has 0 spiro atoms. The van der Waals surface area contributed by atoms with Crippen LogP contribution in [-0.4, -0.2) is 23.0 Å². The van der Waals surface area contributed by atoms with Crippen molar-refractivity contribution in [3.63, 3.8) is 0 Å². The number of terminal acetylenes is 1. The van der Waals surface area contributed by atoms with E-state index in [1.165, 1.54) is 0 Å². The number of benzene rings is 1. The molecule has 0 aromatic heterocycles. The van der Waals surface area contributed by atoms with Gasteiger partial charge < -0.3 is 10.4 Å². The summed E-state index contributed by atoms with van der Waals surface area (Å²) in [6.45, 7) is 0. The maximum absolute atomic E-state index is 12.5. The summed E-state index contributed by atoms with van der Waals surface area (Å²) in [6, 6.07) is 2.33. The van der Waals surface area contributed by atoms with Crippen LogP contribution in [0.25, 0.3) is 0 Å². The van der Waals surface area contributed by atoms with Crippen molar-refractivity contribution < 1.29 is 27.9 Å². The van der Waals surface area contributed by atoms with Crippen molar-refractivity contribution in [3.8, 4) is 12.3 Å². The molecule has 106 valence electrons. The maximum atomic E-state index is 12.5. The first-order chi connectivity index (χ1) is 9.25. The second-order valence-electron chi connectivity index (χ2n) is 3.85. The van der Waals surface area contributed by atoms with Crippen LogP contribution in [0.15, 0.2) is 24.3 Å². The molecule has 0 heterocycles. The summed E-state index contributed by atoms with van der Waals surface area (Å²) in [5, 5.41) is 10.9. The number of hydrogen-bond acceptors (Lipinski definition) is 2. The second-order valence-corrected chi connectivity index (χ2v) is 3.85. The van der Waals surface area contributed by atoms with Crippen LogP contribution in [0.3, 0.4) is 0 Å². The number of carbonyl (C=O) groups is 2. The molecule has 1 aromatic carbocycles. The van der Waals surface area contributed by atoms with Crippen LogP contribution in [-0.2, 0) is 11.0 Å². The molecule has 0 bridgehead atoms. The highest BCUT2D eigenvalue weighted by Crippen LogP contribution is 2.29. The van der Waals surface area contributed by atoms with Gasteiger partial charge in [0.05, 0.1) is 5.56 Å². The van der Waals surface area contributed by atoms with E-state index in [1.54, 1.807) is 0 Å². The van der Waals surface area contributed by atoms with Gasteiger partial charge in [0.1, 0.15) is 6.04 Å². The minimum atomic E-state index is -4.58. The van der Waals surface area contributed by atoms with Gasteiger partial charge >= 0.3 is 12.1 Å². The summed E-state index contributed by atoms with van der Waals surface area (Å²) in [6.07, 6.45) is 0.104. The molecular formula is C13H10F3NO3. The third-order valence-electron chi connectivity index (χ3n) is 2.38. The molecule has 20 heavy (non-hydrogen) atoms. The van der Waals surface area contributed by atoms with Crippen LogP contribution < -0.4 is 5.32 Å². The molecule has 1 amide bonds. The van der Waals surface area contributed by atoms with E-state index in [0.29, 0.717) is 6.07 Å². The van der Waals surface area contributed by atoms with Gasteiger partial charge in [0.25, 0.3) is 5.91 Å². The number of aliphatic carboxylic acids is 1. The Morgan fingerprint density at radius 2 is 2.05 bits per heavy atom. The zero-order chi connectivity index (χ0) is 15.3. The van der Waals surface area contributed by atoms with Crippen LogP contribution in [0.1, 0.15) is 22.3 Å². The summed E-state index contributed by atoms with van der Waals surface area (Å²) in [7, 11) is 0. The highest BCUT2D eigenvalue weighted by Gasteiger charge is 2.31. The van der Waals surface area contributed by atoms with E-state index in [2.05, 4.69) is 11.2 Å². The predicted molar refractivity (Wildman–Crippen MR) is 63.8 cm³/mol. The Morgan fingerprint density at radius 3 is 2.55 bits per heavy atom. The van der Waals surface area contributed by atoms with E-state index in [9.17, 15) is 22.8 Å². The topological polar surface area (TPSA) is 66.4 Å². The fourth-order valence-corrected chi connectivity index (χ4v) is 1.40. The number of carboxylic acids is 1. The lowest BCUT2D eigenvalue weighted by Gasteiger charge is -2.13. The van der Waals surface area contributed by atoms with Crippen LogP contribution in [0.2, 0.25) is 0 Å². The molecule has 1 aromatic rings. The Balaban J connectivity index is 2.93. The Morgan fingerprint density at radius 1 is 1.40 bits per heavy atom. The number of halogens is 3. The molecule has 0 saturated carbocycles. The quantitative estimate of drug-likeness (QED) is 0.830. The first-order valence-electron chi connectivity index (χ1n) is 5.40. The van der Waals surface area contributed by atoms with Gasteiger partial charge in [-0.2, -0.15) is 13.2 Å². The van der Waals surface area contributed by atoms with Crippen molar-refractivity contribution in [2.24, 2.45) is 0 Å². The third-order valence-corrected chi connectivity index (χ3v) is 2.38. The van der Waals surface area contributed by atoms with Crippen molar-refractivity contribution in [2.75, 3.05) is 0 Å². The molecule has 2 N–H and O–H groups in total. The number of rotatable bonds is 4. The van der Waals surface area contributed by atoms with E-state index >= 15 is 0 Å². The van der Waals surface area contributed by atoms with Gasteiger partial charge in [-0.1, -0.05) is 6.07 Å². The highest BCUT2D eigenvalue weighted by atomic mass is 19.4. The molecule has 0 aliphatic heterocycles. The molecule has 0 fully saturated rings. The number of hydrogen-bond donors (Lipinski definition) is 2. The zero-order valence-electron chi connectivity index (χ0n) is 10.1. The maximum Gasteiger partial charge on any atom is 0.416 e. The zero-order valence-corrected chi connectivity index (χ0v) is 10.1. The van der Waals surface area contributed by atoms with Gasteiger partial charge in [-0.3, -0.25) is 4.79 Å². The summed E-state index contributed by atoms with van der Waals surface area (Å²) in [4.78, 5) is 22.5. The molecule has 0 saturated heterocycles. The van der Waals surface area contributed by atoms with Gasteiger partial charge in [0.2, 0.25) is 0 Å². The van der Waals surface area contributed by atoms with Crippen LogP contribution in [0, 0.1) is 12.3 Å². The van der Waals surface area contributed by atoms with Gasteiger partial charge in [0.15, 0.2) is 0 Å². The van der Waals surface area contributed by atoms with Crippen molar-refractivity contribution in [1.29, 1.82) is 0 Å². The Bertz CT molecular complexity index is 561. The second kappa shape index (κ2) is 6.10. The van der Waals surface area contributed by atoms with E-state index < -0.39 is 29.7 Å². The van der Waals surface area contributed by atoms with Gasteiger partial charge in [0, 0.05) is 12.0 Å². The molecule has 0 aliphatic carbocycles. The van der Waals surface area contributed by atoms with Gasteiger partial charge in [-0.15, -0.1) is 12.3 Å². The van der Waals surface area contributed by atoms with E-state index in [1.807, 2.05) is 0 Å². The van der Waals surface area contributed by atoms with E-state index in [4.69, 9.17) is 11.5 Å². The SMILES string of the molecule is C#CC[C@H](NC(=O)c1cccc(C(F)(F)F)c1)C(=O)O. The van der Waals surface area contributed by atoms with Crippen molar-refractivity contribution in [3.05, 3.63) is 35.4 Å². The van der Waals surface area contributed by atoms with Crippen LogP contribution in [0.4, 0.5) is 13.2 Å². The van der Waals surface area contributed by atoms with Crippen LogP contribution in [0.5, 0.6) is 0 Å². The number of carboxylic acid groups (broad SMARTS) is 1. The molecule has 0 unspecified atom stereocenters. The fourth-order valence-electron chi connectivity index (χ4n) is 1.40. The molecule has 1 rings (SSSR count). The molecule has 0 aliphatic rings. The average Bonchev–Trinajstić information content (AvgIpc) is 2.37. The predicted octanol–water partition coefficient (Wildman–Crippen LogP) is 1.91. The number of carbonyl (C=O) groups excluding carboxylic acids is 1. The van der Waals surface area contributed by atoms with Crippen LogP contribution >= 0.6 is 0 Å². The lowest BCUT2D eigenvalue weighted by molar-refractivity contribution is -0.139. The lowest BCUT2D eigenvalue weighted by atomic mass is 10.1. The van der Waals surface area contributed by atoms with Gasteiger partial charge in [-0.25, -0.2) is 4.79 Å². The number of amides is 1. The summed E-state index contributed by atoms with van der Waals surface area (Å²) in [5.41, 5.74) is -1.28. The summed E-state index contributed by atoms with van der Waals surface area (Å²) < 4.78 is 37.5. The summed E-state index contributed by atoms with van der Waals surface area (Å²) in [5.74, 6) is -0.224. The lowest BCUT2D eigenvalue weighted by Crippen LogP contribution is -2.40. The Labute approximate surface area is 112 Å². The van der Waals surface area contributed by atoms with Crippen molar-refractivity contribution in [2.45, 2.75) is 18.6 Å². The monoisotopic (exact) mass is 285 g/mol. The van der Waals surface area contributed by atoms with E-state index in [0.717, 1.165) is 18.2 Å². The minimum absolute atomic E-state index is 0.264.